The molecule has 0 aliphatic rings. The van der Waals surface area contributed by atoms with E-state index in [1.807, 2.05) is 81.1 Å². The quantitative estimate of drug-likeness (QED) is 0.208. The van der Waals surface area contributed by atoms with Gasteiger partial charge in [0, 0.05) is 31.7 Å². The molecule has 0 spiro atoms. The summed E-state index contributed by atoms with van der Waals surface area (Å²) in [6.07, 6.45) is 4.92. The number of aromatic nitrogens is 3. The molecule has 0 radical (unpaired) electrons. The second kappa shape index (κ2) is 13.1. The number of aliphatic hydroxyl groups excluding tert-OH is 1. The summed E-state index contributed by atoms with van der Waals surface area (Å²) >= 11 is 0. The van der Waals surface area contributed by atoms with E-state index in [1.165, 1.54) is 0 Å². The van der Waals surface area contributed by atoms with Gasteiger partial charge in [-0.25, -0.2) is 15.0 Å². The number of aliphatic hydroxyl groups is 1. The van der Waals surface area contributed by atoms with Crippen LogP contribution in [0.5, 0.6) is 5.75 Å². The minimum Gasteiger partial charge on any atom is -0.491 e. The van der Waals surface area contributed by atoms with Crippen LogP contribution in [0.4, 0.5) is 0 Å². The molecule has 3 aromatic rings. The first-order valence-electron chi connectivity index (χ1n) is 10.9. The van der Waals surface area contributed by atoms with E-state index in [0.717, 1.165) is 35.1 Å². The van der Waals surface area contributed by atoms with E-state index >= 15 is 0 Å². The number of guanidine groups is 1. The van der Waals surface area contributed by atoms with Crippen LogP contribution in [-0.4, -0.2) is 44.8 Å². The Bertz CT molecular complexity index is 1000. The van der Waals surface area contributed by atoms with Crippen LogP contribution in [0.15, 0.2) is 60.0 Å². The molecule has 178 valence electrons. The molecule has 0 aliphatic heterocycles. The smallest absolute Gasteiger partial charge is 0.191 e. The summed E-state index contributed by atoms with van der Waals surface area (Å²) in [5, 5.41) is 16.9. The maximum absolute atomic E-state index is 10.5. The monoisotopic (exact) mass is 564 g/mol. The molecule has 2 heterocycles. The standard InChI is InChI=1S/C24H32N6O2.HI/c1-5-25-24(29-16-22(31)20-7-9-21(10-8-20)32-17(2)3)28-15-19-6-11-23(27-14-19)30-13-12-26-18(30)4;/h6-14,17,22,31H,5,15-16H2,1-4H3,(H2,25,28,29);1H. The van der Waals surface area contributed by atoms with Gasteiger partial charge in [0.15, 0.2) is 5.96 Å². The molecule has 3 N–H and O–H groups in total. The average Bonchev–Trinajstić information content (AvgIpc) is 3.21. The Morgan fingerprint density at radius 1 is 1.12 bits per heavy atom. The fourth-order valence-corrected chi connectivity index (χ4v) is 3.14. The van der Waals surface area contributed by atoms with E-state index < -0.39 is 6.10 Å². The van der Waals surface area contributed by atoms with Crippen LogP contribution in [0.2, 0.25) is 0 Å². The zero-order valence-electron chi connectivity index (χ0n) is 19.5. The third-order valence-electron chi connectivity index (χ3n) is 4.75. The normalized spacial score (nSPS) is 12.2. The Labute approximate surface area is 212 Å². The highest BCUT2D eigenvalue weighted by molar-refractivity contribution is 14.0. The van der Waals surface area contributed by atoms with Crippen molar-refractivity contribution in [2.45, 2.75) is 46.4 Å². The van der Waals surface area contributed by atoms with Gasteiger partial charge in [-0.3, -0.25) is 4.57 Å². The van der Waals surface area contributed by atoms with Crippen molar-refractivity contribution in [3.8, 4) is 11.6 Å². The fraction of sp³-hybridized carbons (Fsp3) is 0.375. The lowest BCUT2D eigenvalue weighted by atomic mass is 10.1. The van der Waals surface area contributed by atoms with Gasteiger partial charge in [0.1, 0.15) is 17.4 Å². The number of nitrogens with one attached hydrogen (secondary N) is 2. The Morgan fingerprint density at radius 2 is 1.88 bits per heavy atom. The number of rotatable bonds is 9. The van der Waals surface area contributed by atoms with Crippen molar-refractivity contribution < 1.29 is 9.84 Å². The Balaban J connectivity index is 0.00000385. The lowest BCUT2D eigenvalue weighted by Gasteiger charge is -2.16. The summed E-state index contributed by atoms with van der Waals surface area (Å²) in [6, 6.07) is 11.5. The molecule has 0 aliphatic carbocycles. The largest absolute Gasteiger partial charge is 0.491 e. The fourth-order valence-electron chi connectivity index (χ4n) is 3.14. The maximum atomic E-state index is 10.5. The van der Waals surface area contributed by atoms with E-state index in [4.69, 9.17) is 4.74 Å². The SMILES string of the molecule is CCNC(=NCc1ccc(-n2ccnc2C)nc1)NCC(O)c1ccc(OC(C)C)cc1.I. The number of nitrogens with zero attached hydrogens (tertiary/aromatic N) is 4. The molecule has 0 bridgehead atoms. The van der Waals surface area contributed by atoms with Gasteiger partial charge in [0.05, 0.1) is 18.8 Å². The zero-order valence-corrected chi connectivity index (χ0v) is 21.9. The first-order valence-corrected chi connectivity index (χ1v) is 10.9. The van der Waals surface area contributed by atoms with E-state index in [9.17, 15) is 5.11 Å². The van der Waals surface area contributed by atoms with Gasteiger partial charge in [0.25, 0.3) is 0 Å². The topological polar surface area (TPSA) is 96.6 Å². The second-order valence-corrected chi connectivity index (χ2v) is 7.70. The average molecular weight is 564 g/mol. The molecule has 9 heteroatoms. The van der Waals surface area contributed by atoms with Gasteiger partial charge in [-0.05, 0) is 57.0 Å². The third kappa shape index (κ3) is 8.01. The van der Waals surface area contributed by atoms with Gasteiger partial charge in [-0.1, -0.05) is 18.2 Å². The Hall–Kier alpha value is -2.66. The minimum absolute atomic E-state index is 0. The van der Waals surface area contributed by atoms with Crippen molar-refractivity contribution in [2.75, 3.05) is 13.1 Å². The summed E-state index contributed by atoms with van der Waals surface area (Å²) in [7, 11) is 0. The molecular weight excluding hydrogens is 531 g/mol. The predicted octanol–water partition coefficient (Wildman–Crippen LogP) is 3.77. The molecule has 1 aromatic carbocycles. The number of hydrogen-bond acceptors (Lipinski definition) is 5. The number of aryl methyl sites for hydroxylation is 1. The number of imidazole rings is 1. The summed E-state index contributed by atoms with van der Waals surface area (Å²) in [4.78, 5) is 13.3. The molecule has 8 nitrogen and oxygen atoms in total. The molecule has 0 saturated carbocycles. The van der Waals surface area contributed by atoms with Crippen LogP contribution in [0.25, 0.3) is 5.82 Å². The Kier molecular flexibility index (Phi) is 10.6. The van der Waals surface area contributed by atoms with Crippen molar-refractivity contribution in [3.63, 3.8) is 0 Å². The van der Waals surface area contributed by atoms with Crippen LogP contribution in [0.1, 0.15) is 43.8 Å². The number of hydrogen-bond donors (Lipinski definition) is 3. The predicted molar refractivity (Wildman–Crippen MR) is 141 cm³/mol. The first-order chi connectivity index (χ1) is 15.5. The lowest BCUT2D eigenvalue weighted by Crippen LogP contribution is -2.39. The molecule has 1 atom stereocenters. The highest BCUT2D eigenvalue weighted by Gasteiger charge is 2.09. The first kappa shape index (κ1) is 26.6. The van der Waals surface area contributed by atoms with Crippen LogP contribution in [0.3, 0.4) is 0 Å². The maximum Gasteiger partial charge on any atom is 0.191 e. The van der Waals surface area contributed by atoms with Crippen LogP contribution < -0.4 is 15.4 Å². The molecule has 0 fully saturated rings. The van der Waals surface area contributed by atoms with Crippen LogP contribution in [0, 0.1) is 6.92 Å². The van der Waals surface area contributed by atoms with Gasteiger partial charge >= 0.3 is 0 Å². The number of halogens is 1. The van der Waals surface area contributed by atoms with Gasteiger partial charge in [-0.15, -0.1) is 24.0 Å². The second-order valence-electron chi connectivity index (χ2n) is 7.70. The molecule has 2 aromatic heterocycles. The van der Waals surface area contributed by atoms with Crippen molar-refractivity contribution in [1.82, 2.24) is 25.2 Å². The molecule has 3 rings (SSSR count). The van der Waals surface area contributed by atoms with Crippen molar-refractivity contribution in [2.24, 2.45) is 4.99 Å². The van der Waals surface area contributed by atoms with Crippen molar-refractivity contribution in [3.05, 3.63) is 71.9 Å². The number of benzene rings is 1. The summed E-state index contributed by atoms with van der Waals surface area (Å²) in [5.74, 6) is 3.15. The van der Waals surface area contributed by atoms with Gasteiger partial charge in [-0.2, -0.15) is 0 Å². The lowest BCUT2D eigenvalue weighted by molar-refractivity contribution is 0.180. The highest BCUT2D eigenvalue weighted by Crippen LogP contribution is 2.18. The van der Waals surface area contributed by atoms with Gasteiger partial charge < -0.3 is 20.5 Å². The number of pyridine rings is 1. The van der Waals surface area contributed by atoms with E-state index in [0.29, 0.717) is 19.0 Å². The molecular formula is C24H33IN6O2. The van der Waals surface area contributed by atoms with Crippen molar-refractivity contribution >= 4 is 29.9 Å². The van der Waals surface area contributed by atoms with E-state index in [-0.39, 0.29) is 30.1 Å². The molecule has 1 unspecified atom stereocenters. The van der Waals surface area contributed by atoms with Crippen LogP contribution >= 0.6 is 24.0 Å². The third-order valence-corrected chi connectivity index (χ3v) is 4.75. The Morgan fingerprint density at radius 3 is 2.45 bits per heavy atom. The zero-order chi connectivity index (χ0) is 22.9. The summed E-state index contributed by atoms with van der Waals surface area (Å²) < 4.78 is 7.58. The molecule has 0 amide bonds. The number of aliphatic imine (C=N–C) groups is 1. The van der Waals surface area contributed by atoms with E-state index in [2.05, 4.69) is 25.6 Å². The minimum atomic E-state index is -0.661. The summed E-state index contributed by atoms with van der Waals surface area (Å²) in [5.41, 5.74) is 1.81. The highest BCUT2D eigenvalue weighted by atomic mass is 127. The van der Waals surface area contributed by atoms with E-state index in [1.54, 1.807) is 6.20 Å². The molecule has 33 heavy (non-hydrogen) atoms. The summed E-state index contributed by atoms with van der Waals surface area (Å²) in [6.45, 7) is 9.45. The van der Waals surface area contributed by atoms with Gasteiger partial charge in [0.2, 0.25) is 0 Å². The van der Waals surface area contributed by atoms with Crippen molar-refractivity contribution in [1.29, 1.82) is 0 Å². The number of ether oxygens (including phenoxy) is 1. The van der Waals surface area contributed by atoms with Crippen LogP contribution in [-0.2, 0) is 6.54 Å². The molecule has 0 saturated heterocycles.